The summed E-state index contributed by atoms with van der Waals surface area (Å²) >= 11 is 0. The van der Waals surface area contributed by atoms with Crippen LogP contribution in [0.4, 0.5) is 5.69 Å². The van der Waals surface area contributed by atoms with E-state index in [-0.39, 0.29) is 18.4 Å². The molecule has 0 aliphatic carbocycles. The van der Waals surface area contributed by atoms with Gasteiger partial charge >= 0.3 is 0 Å². The maximum absolute atomic E-state index is 12.8. The number of anilines is 1. The van der Waals surface area contributed by atoms with Gasteiger partial charge in [0.1, 0.15) is 17.2 Å². The zero-order valence-electron chi connectivity index (χ0n) is 16.2. The molecule has 1 aromatic heterocycles. The molecule has 0 bridgehead atoms. The van der Waals surface area contributed by atoms with Gasteiger partial charge in [0.15, 0.2) is 0 Å². The van der Waals surface area contributed by atoms with Crippen molar-refractivity contribution in [2.45, 2.75) is 12.5 Å². The maximum atomic E-state index is 12.8. The number of benzene rings is 2. The Bertz CT molecular complexity index is 883. The number of nitrogens with one attached hydrogen (secondary N) is 1. The molecule has 1 atom stereocenters. The molecule has 0 aliphatic rings. The number of methoxy groups -OCH3 is 3. The molecule has 0 radical (unpaired) electrons. The highest BCUT2D eigenvalue weighted by Crippen LogP contribution is 2.28. The lowest BCUT2D eigenvalue weighted by Crippen LogP contribution is -2.19. The van der Waals surface area contributed by atoms with Crippen LogP contribution in [0.2, 0.25) is 0 Å². The molecule has 3 aromatic rings. The van der Waals surface area contributed by atoms with E-state index in [0.29, 0.717) is 17.2 Å². The first kappa shape index (κ1) is 19.4. The standard InChI is InChI=1S/C22H24N2O4/c1-26-18-8-6-16(7-9-18)21(24-10-4-5-11-24)15-22(25)23-17-12-19(27-2)14-20(13-17)28-3/h4-14,21H,15H2,1-3H3,(H,23,25)/t21-/m1/s1. The van der Waals surface area contributed by atoms with Crippen LogP contribution in [-0.4, -0.2) is 31.8 Å². The van der Waals surface area contributed by atoms with Gasteiger partial charge in [-0.05, 0) is 29.8 Å². The Morgan fingerprint density at radius 3 is 2.00 bits per heavy atom. The van der Waals surface area contributed by atoms with Gasteiger partial charge in [0.25, 0.3) is 0 Å². The van der Waals surface area contributed by atoms with Crippen molar-refractivity contribution in [2.24, 2.45) is 0 Å². The molecule has 28 heavy (non-hydrogen) atoms. The van der Waals surface area contributed by atoms with Crippen LogP contribution >= 0.6 is 0 Å². The first-order valence-corrected chi connectivity index (χ1v) is 8.92. The van der Waals surface area contributed by atoms with Gasteiger partial charge < -0.3 is 24.1 Å². The lowest BCUT2D eigenvalue weighted by molar-refractivity contribution is -0.116. The molecule has 1 heterocycles. The minimum Gasteiger partial charge on any atom is -0.497 e. The van der Waals surface area contributed by atoms with E-state index in [4.69, 9.17) is 14.2 Å². The molecule has 2 aromatic carbocycles. The molecule has 1 amide bonds. The fourth-order valence-electron chi connectivity index (χ4n) is 3.04. The third-order valence-corrected chi connectivity index (χ3v) is 4.50. The van der Waals surface area contributed by atoms with E-state index in [1.54, 1.807) is 39.5 Å². The van der Waals surface area contributed by atoms with Gasteiger partial charge in [0, 0.05) is 36.3 Å². The van der Waals surface area contributed by atoms with Crippen molar-refractivity contribution in [2.75, 3.05) is 26.6 Å². The molecule has 6 nitrogen and oxygen atoms in total. The molecule has 0 unspecified atom stereocenters. The van der Waals surface area contributed by atoms with Crippen molar-refractivity contribution in [1.29, 1.82) is 0 Å². The number of ether oxygens (including phenoxy) is 3. The SMILES string of the molecule is COc1ccc([C@@H](CC(=O)Nc2cc(OC)cc(OC)c2)n2cccc2)cc1. The Labute approximate surface area is 164 Å². The van der Waals surface area contributed by atoms with Crippen LogP contribution in [0.3, 0.4) is 0 Å². The summed E-state index contributed by atoms with van der Waals surface area (Å²) in [4.78, 5) is 12.8. The van der Waals surface area contributed by atoms with E-state index in [9.17, 15) is 4.79 Å². The molecular weight excluding hydrogens is 356 g/mol. The largest absolute Gasteiger partial charge is 0.497 e. The summed E-state index contributed by atoms with van der Waals surface area (Å²) in [7, 11) is 4.78. The number of carbonyl (C=O) groups excluding carboxylic acids is 1. The summed E-state index contributed by atoms with van der Waals surface area (Å²) in [6.45, 7) is 0. The lowest BCUT2D eigenvalue weighted by atomic mass is 10.0. The topological polar surface area (TPSA) is 61.7 Å². The monoisotopic (exact) mass is 380 g/mol. The van der Waals surface area contributed by atoms with E-state index in [2.05, 4.69) is 5.32 Å². The molecular formula is C22H24N2O4. The van der Waals surface area contributed by atoms with Crippen molar-refractivity contribution >= 4 is 11.6 Å². The summed E-state index contributed by atoms with van der Waals surface area (Å²) in [5.41, 5.74) is 1.65. The van der Waals surface area contributed by atoms with Crippen LogP contribution in [-0.2, 0) is 4.79 Å². The van der Waals surface area contributed by atoms with Crippen LogP contribution in [0.15, 0.2) is 67.0 Å². The van der Waals surface area contributed by atoms with Crippen LogP contribution in [0.5, 0.6) is 17.2 Å². The number of carbonyl (C=O) groups is 1. The Hall–Kier alpha value is -3.41. The van der Waals surface area contributed by atoms with E-state index in [1.165, 1.54) is 0 Å². The van der Waals surface area contributed by atoms with Crippen LogP contribution < -0.4 is 19.5 Å². The molecule has 146 valence electrons. The summed E-state index contributed by atoms with van der Waals surface area (Å²) in [5, 5.41) is 2.94. The third-order valence-electron chi connectivity index (χ3n) is 4.50. The zero-order chi connectivity index (χ0) is 19.9. The predicted octanol–water partition coefficient (Wildman–Crippen LogP) is 4.13. The van der Waals surface area contributed by atoms with E-state index in [1.807, 2.05) is 53.4 Å². The van der Waals surface area contributed by atoms with Crippen molar-refractivity contribution < 1.29 is 19.0 Å². The number of aromatic nitrogens is 1. The van der Waals surface area contributed by atoms with Gasteiger partial charge in [-0.2, -0.15) is 0 Å². The van der Waals surface area contributed by atoms with Crippen molar-refractivity contribution in [3.8, 4) is 17.2 Å². The molecule has 0 spiro atoms. The maximum Gasteiger partial charge on any atom is 0.226 e. The van der Waals surface area contributed by atoms with Crippen LogP contribution in [0.1, 0.15) is 18.0 Å². The van der Waals surface area contributed by atoms with Crippen molar-refractivity contribution in [3.63, 3.8) is 0 Å². The Balaban J connectivity index is 1.80. The van der Waals surface area contributed by atoms with Gasteiger partial charge in [0.05, 0.1) is 33.8 Å². The van der Waals surface area contributed by atoms with Gasteiger partial charge in [0.2, 0.25) is 5.91 Å². The zero-order valence-corrected chi connectivity index (χ0v) is 16.2. The number of nitrogens with zero attached hydrogens (tertiary/aromatic N) is 1. The number of rotatable bonds is 8. The number of hydrogen-bond donors (Lipinski definition) is 1. The smallest absolute Gasteiger partial charge is 0.226 e. The quantitative estimate of drug-likeness (QED) is 0.638. The highest BCUT2D eigenvalue weighted by molar-refractivity contribution is 5.91. The predicted molar refractivity (Wildman–Crippen MR) is 108 cm³/mol. The highest BCUT2D eigenvalue weighted by Gasteiger charge is 2.18. The Morgan fingerprint density at radius 1 is 0.893 bits per heavy atom. The summed E-state index contributed by atoms with van der Waals surface area (Å²) in [6.07, 6.45) is 4.19. The van der Waals surface area contributed by atoms with E-state index in [0.717, 1.165) is 11.3 Å². The normalized spacial score (nSPS) is 11.5. The molecule has 0 saturated carbocycles. The van der Waals surface area contributed by atoms with Gasteiger partial charge in [-0.1, -0.05) is 12.1 Å². The minimum absolute atomic E-state index is 0.107. The van der Waals surface area contributed by atoms with Crippen LogP contribution in [0.25, 0.3) is 0 Å². The first-order chi connectivity index (χ1) is 13.6. The van der Waals surface area contributed by atoms with Crippen molar-refractivity contribution in [1.82, 2.24) is 4.57 Å². The summed E-state index contributed by atoms with van der Waals surface area (Å²) < 4.78 is 17.8. The van der Waals surface area contributed by atoms with E-state index < -0.39 is 0 Å². The lowest BCUT2D eigenvalue weighted by Gasteiger charge is -2.20. The molecule has 0 fully saturated rings. The first-order valence-electron chi connectivity index (χ1n) is 8.92. The molecule has 0 saturated heterocycles. The number of amides is 1. The van der Waals surface area contributed by atoms with Gasteiger partial charge in [-0.25, -0.2) is 0 Å². The average Bonchev–Trinajstić information content (AvgIpc) is 3.26. The average molecular weight is 380 g/mol. The molecule has 6 heteroatoms. The van der Waals surface area contributed by atoms with E-state index >= 15 is 0 Å². The van der Waals surface area contributed by atoms with Gasteiger partial charge in [-0.15, -0.1) is 0 Å². The molecule has 0 aliphatic heterocycles. The summed E-state index contributed by atoms with van der Waals surface area (Å²) in [6, 6.07) is 16.8. The Morgan fingerprint density at radius 2 is 1.46 bits per heavy atom. The molecule has 1 N–H and O–H groups in total. The Kier molecular flexibility index (Phi) is 6.22. The van der Waals surface area contributed by atoms with Crippen LogP contribution in [0, 0.1) is 0 Å². The minimum atomic E-state index is -0.131. The van der Waals surface area contributed by atoms with Gasteiger partial charge in [-0.3, -0.25) is 4.79 Å². The number of hydrogen-bond acceptors (Lipinski definition) is 4. The third kappa shape index (κ3) is 4.65. The highest BCUT2D eigenvalue weighted by atomic mass is 16.5. The second kappa shape index (κ2) is 8.99. The molecule has 3 rings (SSSR count). The second-order valence-corrected chi connectivity index (χ2v) is 6.27. The fraction of sp³-hybridized carbons (Fsp3) is 0.227. The fourth-order valence-corrected chi connectivity index (χ4v) is 3.04. The van der Waals surface area contributed by atoms with Crippen molar-refractivity contribution in [3.05, 3.63) is 72.6 Å². The summed E-state index contributed by atoms with van der Waals surface area (Å²) in [5.74, 6) is 1.91. The second-order valence-electron chi connectivity index (χ2n) is 6.27.